The lowest BCUT2D eigenvalue weighted by molar-refractivity contribution is -0.334. The minimum Gasteiger partial charge on any atom is -0.508 e. The van der Waals surface area contributed by atoms with Crippen LogP contribution in [0.15, 0.2) is 83.4 Å². The number of amides is 5. The minimum absolute atomic E-state index is 0.0790. The summed E-state index contributed by atoms with van der Waals surface area (Å²) < 4.78 is 39.5. The monoisotopic (exact) mass is 1530 g/mol. The number of phenols is 3. The van der Waals surface area contributed by atoms with Gasteiger partial charge in [0, 0.05) is 41.5 Å². The summed E-state index contributed by atoms with van der Waals surface area (Å²) in [6.07, 6.45) is -16.0. The predicted octanol–water partition coefficient (Wildman–Crippen LogP) is 2.68. The third kappa shape index (κ3) is 16.7. The van der Waals surface area contributed by atoms with E-state index in [1.807, 2.05) is 13.8 Å². The number of aliphatic hydroxyl groups is 6. The Labute approximate surface area is 623 Å². The molecule has 11 bridgehead atoms. The predicted molar refractivity (Wildman–Crippen MR) is 382 cm³/mol. The lowest BCUT2D eigenvalue weighted by atomic mass is 9.79. The number of halogens is 2. The average molecular weight is 1540 g/mol. The number of nitrogens with two attached hydrogens (primary N) is 2. The van der Waals surface area contributed by atoms with E-state index < -0.39 is 221 Å². The third-order valence-corrected chi connectivity index (χ3v) is 21.4. The number of carbonyl (C=O) groups is 7. The molecule has 4 aromatic carbocycles. The van der Waals surface area contributed by atoms with Crippen LogP contribution in [0.4, 0.5) is 0 Å². The summed E-state index contributed by atoms with van der Waals surface area (Å²) in [6, 6.07) is 0.577. The largest absolute Gasteiger partial charge is 0.508 e. The van der Waals surface area contributed by atoms with Crippen LogP contribution in [0.2, 0.25) is 5.02 Å². The molecule has 0 saturated carbocycles. The van der Waals surface area contributed by atoms with Crippen molar-refractivity contribution in [3.05, 3.63) is 111 Å². The number of nitrogens with one attached hydrogen (secondary N) is 6. The molecule has 0 radical (unpaired) electrons. The molecule has 12 rings (SSSR count). The van der Waals surface area contributed by atoms with Crippen LogP contribution in [-0.4, -0.2) is 202 Å². The van der Waals surface area contributed by atoms with Crippen LogP contribution in [0.1, 0.15) is 133 Å². The Kier molecular flexibility index (Phi) is 24.7. The van der Waals surface area contributed by atoms with Crippen molar-refractivity contribution in [3.63, 3.8) is 0 Å². The molecule has 106 heavy (non-hydrogen) atoms. The van der Waals surface area contributed by atoms with Crippen LogP contribution in [0, 0.1) is 11.8 Å². The number of hydrogen-bond donors (Lipinski definition) is 18. The summed E-state index contributed by atoms with van der Waals surface area (Å²) in [6.45, 7) is 9.04. The van der Waals surface area contributed by atoms with Gasteiger partial charge in [-0.05, 0) is 129 Å². The van der Waals surface area contributed by atoms with Gasteiger partial charge in [0.25, 0.3) is 0 Å². The van der Waals surface area contributed by atoms with Gasteiger partial charge < -0.3 is 123 Å². The van der Waals surface area contributed by atoms with Gasteiger partial charge in [0.1, 0.15) is 94.3 Å². The summed E-state index contributed by atoms with van der Waals surface area (Å²) in [7, 11) is 1.50. The Balaban J connectivity index is 1.25. The number of primary amides is 1. The van der Waals surface area contributed by atoms with Crippen LogP contribution in [0.3, 0.4) is 0 Å². The van der Waals surface area contributed by atoms with Crippen molar-refractivity contribution in [2.45, 2.75) is 201 Å². The fraction of sp³-hybridized carbons (Fsp3) is 0.500. The molecule has 20 unspecified atom stereocenters. The lowest BCUT2D eigenvalue weighted by Gasteiger charge is -2.47. The number of aliphatic carboxylic acids is 1. The minimum atomic E-state index is -2.05. The van der Waals surface area contributed by atoms with E-state index in [-0.39, 0.29) is 92.8 Å². The van der Waals surface area contributed by atoms with Crippen LogP contribution in [-0.2, 0) is 47.8 Å². The number of phenolic OH excluding ortho intramolecular Hbond substituents is 3. The summed E-state index contributed by atoms with van der Waals surface area (Å²) in [5, 5.41) is 132. The molecule has 0 spiro atoms. The van der Waals surface area contributed by atoms with Gasteiger partial charge in [-0.1, -0.05) is 81.3 Å². The first kappa shape index (κ1) is 80.2. The average Bonchev–Trinajstić information content (AvgIpc) is 1.23. The second-order valence-corrected chi connectivity index (χ2v) is 29.3. The Hall–Kier alpha value is -8.32. The highest BCUT2D eigenvalue weighted by molar-refractivity contribution is 7.80. The number of ketones is 1. The number of fused-ring (bicyclic) bond motifs is 14. The molecule has 5 amide bonds. The highest BCUT2D eigenvalue weighted by Crippen LogP contribution is 2.51. The number of aromatic hydroxyl groups is 3. The fourth-order valence-corrected chi connectivity index (χ4v) is 14.9. The van der Waals surface area contributed by atoms with Gasteiger partial charge >= 0.3 is 5.97 Å². The van der Waals surface area contributed by atoms with Gasteiger partial charge in [0.2, 0.25) is 41.6 Å². The normalized spacial score (nSPS) is 31.7. The Morgan fingerprint density at radius 3 is 2.18 bits per heavy atom. The van der Waals surface area contributed by atoms with Crippen LogP contribution >= 0.6 is 35.4 Å². The highest BCUT2D eigenvalue weighted by atomic mass is 35.5. The first-order valence-electron chi connectivity index (χ1n) is 34.5. The number of benzene rings is 4. The van der Waals surface area contributed by atoms with Crippen LogP contribution < -0.4 is 57.6 Å². The molecular weight excluding hydrogens is 1450 g/mol. The van der Waals surface area contributed by atoms with Crippen molar-refractivity contribution in [2.24, 2.45) is 23.3 Å². The highest BCUT2D eigenvalue weighted by Gasteiger charge is 2.53. The van der Waals surface area contributed by atoms with E-state index in [1.165, 1.54) is 75.5 Å². The molecule has 2 fully saturated rings. The Morgan fingerprint density at radius 1 is 0.830 bits per heavy atom. The molecule has 0 aromatic heterocycles. The van der Waals surface area contributed by atoms with Gasteiger partial charge in [0.15, 0.2) is 29.7 Å². The Bertz CT molecular complexity index is 4150. The molecule has 20 atom stereocenters. The number of carbonyl (C=O) groups excluding carboxylic acids is 6. The standard InChI is InChI=1S/C72H88Cl2N8O23S/c1-8-30-17-37(69(98)99)36-23-35(84)24-43(86)51(36)38-18-31(10-12-42(38)85)52-66(96)80-54(56(30)88)57(89)33-14-15-71(6,48(74)22-33)105-46-21-34-20-45(61(46)104-70-62(60(92)59(91)47(27-83)102-70)103-50-26-72(76,9-2)63(93)29(5)100-50)101-44-13-11-32(19-39(44)73)58(90)55(81-64(94)40(77-7)16-28(3)4)67(97)78-41(25-49(75)87)65(95)79-53(34)68(106)82-52/h10-14,18-24,28-30,37,40-41,47,50,52-55,57-60,62-63,70,77,83-86,89-93H,8-9,15-17,25-27,76H2,1-7H3,(H2,75,87)(H,78,97)(H,79,95)(H,80,96)(H,81,94)(H,82,106)(H,98,99). The van der Waals surface area contributed by atoms with Crippen molar-refractivity contribution in [2.75, 3.05) is 13.7 Å². The van der Waals surface area contributed by atoms with Gasteiger partial charge in [0.05, 0.1) is 47.3 Å². The van der Waals surface area contributed by atoms with E-state index in [0.29, 0.717) is 0 Å². The summed E-state index contributed by atoms with van der Waals surface area (Å²) in [5.74, 6) is -15.0. The molecule has 31 nitrogen and oxygen atoms in total. The topological polar surface area (TPSA) is 501 Å². The van der Waals surface area contributed by atoms with Crippen molar-refractivity contribution < 1.29 is 113 Å². The van der Waals surface area contributed by atoms with E-state index in [2.05, 4.69) is 31.9 Å². The number of carboxylic acids is 1. The zero-order chi connectivity index (χ0) is 77.5. The summed E-state index contributed by atoms with van der Waals surface area (Å²) in [5.41, 5.74) is 7.81. The SMILES string of the molecule is CCC1CC(C(=O)O)c2cc(O)cc(O)c2-c2cc(ccc2O)C2NC(=S)C3NC(=O)C(CC(N)=O)NC(=O)C(NC(=O)C(CC(C)C)NC)C(O)c4ccc(c(Cl)c4)Oc4cc3cc(c4OC3OC(CO)C(O)C(O)C3OC3CC(N)(CC)C(O)C(C)O3)OC3(C)CC=C(C=C3Cl)C(O)C(NC2=O)C1=O. The maximum absolute atomic E-state index is 15.8. The first-order valence-corrected chi connectivity index (χ1v) is 35.7. The number of hydrogen-bond acceptors (Lipinski definition) is 25. The number of aliphatic hydroxyl groups excluding tert-OH is 6. The molecule has 574 valence electrons. The van der Waals surface area contributed by atoms with E-state index in [0.717, 1.165) is 18.2 Å². The van der Waals surface area contributed by atoms with Gasteiger partial charge in [-0.3, -0.25) is 33.6 Å². The summed E-state index contributed by atoms with van der Waals surface area (Å²) >= 11 is 20.9. The molecular formula is C72H88Cl2N8O23S. The zero-order valence-corrected chi connectivity index (χ0v) is 61.0. The van der Waals surface area contributed by atoms with Crippen molar-refractivity contribution in [1.29, 1.82) is 0 Å². The van der Waals surface area contributed by atoms with Gasteiger partial charge in [-0.15, -0.1) is 0 Å². The van der Waals surface area contributed by atoms with Crippen molar-refractivity contribution in [1.82, 2.24) is 31.9 Å². The smallest absolute Gasteiger partial charge is 0.311 e. The summed E-state index contributed by atoms with van der Waals surface area (Å²) in [4.78, 5) is 102. The number of likely N-dealkylation sites (N-methyl/N-ethyl adjacent to an activating group) is 1. The number of ether oxygens (including phenoxy) is 6. The molecule has 7 heterocycles. The van der Waals surface area contributed by atoms with Gasteiger partial charge in [-0.2, -0.15) is 0 Å². The quantitative estimate of drug-likeness (QED) is 0.0761. The molecule has 20 N–H and O–H groups in total. The number of rotatable bonds is 15. The zero-order valence-electron chi connectivity index (χ0n) is 58.7. The van der Waals surface area contributed by atoms with Crippen molar-refractivity contribution in [3.8, 4) is 51.4 Å². The molecule has 8 aliphatic rings. The van der Waals surface area contributed by atoms with E-state index >= 15 is 14.4 Å². The van der Waals surface area contributed by atoms with Crippen LogP contribution in [0.25, 0.3) is 11.1 Å². The first-order chi connectivity index (χ1) is 50.0. The van der Waals surface area contributed by atoms with E-state index in [1.54, 1.807) is 13.8 Å². The van der Waals surface area contributed by atoms with Crippen molar-refractivity contribution >= 4 is 81.7 Å². The molecule has 34 heteroatoms. The second-order valence-electron chi connectivity index (χ2n) is 28.1. The second kappa shape index (κ2) is 32.6. The van der Waals surface area contributed by atoms with Crippen LogP contribution in [0.5, 0.6) is 40.2 Å². The number of Topliss-reactive ketones (excluding diaryl/α,β-unsaturated/α-hetero) is 1. The molecule has 4 aromatic rings. The maximum Gasteiger partial charge on any atom is 0.311 e. The Morgan fingerprint density at radius 2 is 1.54 bits per heavy atom. The molecule has 1 aliphatic carbocycles. The van der Waals surface area contributed by atoms with Gasteiger partial charge in [-0.25, -0.2) is 0 Å². The maximum atomic E-state index is 15.8. The molecule has 7 aliphatic heterocycles. The number of carboxylic acid groups (broad SMARTS) is 1. The third-order valence-electron chi connectivity index (χ3n) is 20.2. The number of thiocarbonyl (C=S) groups is 1. The van der Waals surface area contributed by atoms with E-state index in [9.17, 15) is 70.2 Å². The lowest BCUT2D eigenvalue weighted by Crippen LogP contribution is -2.65. The molecule has 2 saturated heterocycles. The van der Waals surface area contributed by atoms with E-state index in [4.69, 9.17) is 75.3 Å². The fourth-order valence-electron chi connectivity index (χ4n) is 14.1.